The van der Waals surface area contributed by atoms with E-state index in [4.69, 9.17) is 0 Å². The minimum absolute atomic E-state index is 0.252. The summed E-state index contributed by atoms with van der Waals surface area (Å²) < 4.78 is 13.1. The van der Waals surface area contributed by atoms with Crippen LogP contribution in [0.1, 0.15) is 50.2 Å². The number of rotatable bonds is 5. The summed E-state index contributed by atoms with van der Waals surface area (Å²) in [6.07, 6.45) is 6.04. The Morgan fingerprint density at radius 3 is 2.62 bits per heavy atom. The van der Waals surface area contributed by atoms with Gasteiger partial charge in [-0.2, -0.15) is 0 Å². The summed E-state index contributed by atoms with van der Waals surface area (Å²) in [5.74, 6) is 0.750. The number of hydrogen-bond acceptors (Lipinski definition) is 2. The third-order valence-electron chi connectivity index (χ3n) is 4.95. The molecule has 0 aliphatic heterocycles. The van der Waals surface area contributed by atoms with Gasteiger partial charge in [0, 0.05) is 10.9 Å². The summed E-state index contributed by atoms with van der Waals surface area (Å²) in [5, 5.41) is 3.65. The minimum Gasteiger partial charge on any atom is -0.316 e. The fourth-order valence-corrected chi connectivity index (χ4v) is 5.33. The van der Waals surface area contributed by atoms with Gasteiger partial charge >= 0.3 is 0 Å². The number of benzene rings is 1. The molecule has 3 heteroatoms. The second-order valence-corrected chi connectivity index (χ2v) is 8.12. The van der Waals surface area contributed by atoms with Crippen LogP contribution in [-0.4, -0.2) is 22.5 Å². The van der Waals surface area contributed by atoms with E-state index in [0.29, 0.717) is 6.04 Å². The van der Waals surface area contributed by atoms with Crippen molar-refractivity contribution in [1.82, 2.24) is 5.32 Å². The highest BCUT2D eigenvalue weighted by atomic mass is 32.2. The van der Waals surface area contributed by atoms with Gasteiger partial charge in [-0.25, -0.2) is 0 Å². The van der Waals surface area contributed by atoms with Crippen LogP contribution in [0.3, 0.4) is 0 Å². The van der Waals surface area contributed by atoms with E-state index in [-0.39, 0.29) is 5.25 Å². The van der Waals surface area contributed by atoms with Crippen molar-refractivity contribution in [1.29, 1.82) is 0 Å². The maximum atomic E-state index is 13.1. The zero-order chi connectivity index (χ0) is 15.4. The van der Waals surface area contributed by atoms with Crippen LogP contribution in [0.25, 0.3) is 0 Å². The predicted octanol–water partition coefficient (Wildman–Crippen LogP) is 3.97. The zero-order valence-electron chi connectivity index (χ0n) is 13.8. The Morgan fingerprint density at radius 2 is 2.00 bits per heavy atom. The van der Waals surface area contributed by atoms with E-state index in [2.05, 4.69) is 44.3 Å². The quantitative estimate of drug-likeness (QED) is 0.892. The van der Waals surface area contributed by atoms with Gasteiger partial charge in [0.25, 0.3) is 0 Å². The molecule has 1 aliphatic rings. The summed E-state index contributed by atoms with van der Waals surface area (Å²) in [7, 11) is 1.10. The Bertz CT molecular complexity index is 500. The molecule has 118 valence electrons. The van der Waals surface area contributed by atoms with Gasteiger partial charge < -0.3 is 5.32 Å². The molecule has 2 nitrogen and oxygen atoms in total. The van der Waals surface area contributed by atoms with Crippen molar-refractivity contribution in [2.45, 2.75) is 69.1 Å². The standard InChI is InChI=1S/C18H29NOS/c1-5-6-15-8-10-17(19-4)18(12-15)21(20)16-9-7-13(2)14(3)11-16/h7,9,11,15,17-19H,5-6,8,10,12H2,1-4H3. The lowest BCUT2D eigenvalue weighted by Gasteiger charge is -2.35. The van der Waals surface area contributed by atoms with E-state index in [1.807, 2.05) is 7.05 Å². The minimum atomic E-state index is -0.905. The lowest BCUT2D eigenvalue weighted by atomic mass is 9.83. The maximum Gasteiger partial charge on any atom is 0.0576 e. The van der Waals surface area contributed by atoms with Crippen LogP contribution in [-0.2, 0) is 10.8 Å². The van der Waals surface area contributed by atoms with Crippen molar-refractivity contribution in [2.24, 2.45) is 5.92 Å². The highest BCUT2D eigenvalue weighted by Crippen LogP contribution is 2.33. The smallest absolute Gasteiger partial charge is 0.0576 e. The third-order valence-corrected chi connectivity index (χ3v) is 6.74. The fourth-order valence-electron chi connectivity index (χ4n) is 3.46. The van der Waals surface area contributed by atoms with Crippen LogP contribution in [0.2, 0.25) is 0 Å². The molecule has 0 saturated heterocycles. The number of hydrogen-bond donors (Lipinski definition) is 1. The predicted molar refractivity (Wildman–Crippen MR) is 91.2 cm³/mol. The van der Waals surface area contributed by atoms with E-state index < -0.39 is 10.8 Å². The van der Waals surface area contributed by atoms with Crippen LogP contribution in [0, 0.1) is 19.8 Å². The van der Waals surface area contributed by atoms with E-state index in [0.717, 1.165) is 23.7 Å². The first-order chi connectivity index (χ1) is 10.1. The average molecular weight is 308 g/mol. The van der Waals surface area contributed by atoms with E-state index >= 15 is 0 Å². The van der Waals surface area contributed by atoms with Gasteiger partial charge in [-0.1, -0.05) is 25.8 Å². The van der Waals surface area contributed by atoms with Crippen LogP contribution < -0.4 is 5.32 Å². The summed E-state index contributed by atoms with van der Waals surface area (Å²) in [4.78, 5) is 1.00. The molecule has 0 spiro atoms. The number of aryl methyl sites for hydroxylation is 2. The van der Waals surface area contributed by atoms with Crippen molar-refractivity contribution in [3.05, 3.63) is 29.3 Å². The largest absolute Gasteiger partial charge is 0.316 e. The monoisotopic (exact) mass is 307 g/mol. The van der Waals surface area contributed by atoms with E-state index in [9.17, 15) is 4.21 Å². The van der Waals surface area contributed by atoms with Crippen LogP contribution in [0.4, 0.5) is 0 Å². The molecule has 0 bridgehead atoms. The summed E-state index contributed by atoms with van der Waals surface area (Å²) in [6, 6.07) is 6.65. The molecule has 0 heterocycles. The molecular formula is C18H29NOS. The second kappa shape index (κ2) is 7.55. The normalized spacial score (nSPS) is 27.5. The van der Waals surface area contributed by atoms with Gasteiger partial charge in [-0.05, 0) is 69.3 Å². The zero-order valence-corrected chi connectivity index (χ0v) is 14.6. The summed E-state index contributed by atoms with van der Waals surface area (Å²) in [6.45, 7) is 6.46. The SMILES string of the molecule is CCCC1CCC(NC)C(S(=O)c2ccc(C)c(C)c2)C1. The first kappa shape index (κ1) is 16.7. The Kier molecular flexibility index (Phi) is 6.00. The third kappa shape index (κ3) is 3.95. The molecule has 1 saturated carbocycles. The van der Waals surface area contributed by atoms with Crippen molar-refractivity contribution in [3.63, 3.8) is 0 Å². The van der Waals surface area contributed by atoms with Gasteiger partial charge in [0.05, 0.1) is 16.0 Å². The molecule has 1 aromatic rings. The Morgan fingerprint density at radius 1 is 1.24 bits per heavy atom. The van der Waals surface area contributed by atoms with Crippen molar-refractivity contribution >= 4 is 10.8 Å². The van der Waals surface area contributed by atoms with Crippen LogP contribution >= 0.6 is 0 Å². The highest BCUT2D eigenvalue weighted by molar-refractivity contribution is 7.85. The first-order valence-electron chi connectivity index (χ1n) is 8.21. The van der Waals surface area contributed by atoms with Gasteiger partial charge in [-0.3, -0.25) is 4.21 Å². The topological polar surface area (TPSA) is 29.1 Å². The average Bonchev–Trinajstić information content (AvgIpc) is 2.49. The Balaban J connectivity index is 2.18. The first-order valence-corrected chi connectivity index (χ1v) is 9.43. The summed E-state index contributed by atoms with van der Waals surface area (Å²) >= 11 is 0. The lowest BCUT2D eigenvalue weighted by molar-refractivity contribution is 0.292. The number of nitrogens with one attached hydrogen (secondary N) is 1. The Labute approximate surface area is 132 Å². The molecule has 0 aromatic heterocycles. The molecule has 1 N–H and O–H groups in total. The molecule has 4 atom stereocenters. The van der Waals surface area contributed by atoms with E-state index in [1.165, 1.54) is 30.4 Å². The molecule has 1 aromatic carbocycles. The van der Waals surface area contributed by atoms with Gasteiger partial charge in [0.2, 0.25) is 0 Å². The molecule has 0 radical (unpaired) electrons. The molecule has 1 aliphatic carbocycles. The van der Waals surface area contributed by atoms with Crippen LogP contribution in [0.15, 0.2) is 23.1 Å². The molecular weight excluding hydrogens is 278 g/mol. The highest BCUT2D eigenvalue weighted by Gasteiger charge is 2.33. The van der Waals surface area contributed by atoms with E-state index in [1.54, 1.807) is 0 Å². The second-order valence-electron chi connectivity index (χ2n) is 6.44. The molecule has 2 rings (SSSR count). The summed E-state index contributed by atoms with van der Waals surface area (Å²) in [5.41, 5.74) is 2.51. The maximum absolute atomic E-state index is 13.1. The fraction of sp³-hybridized carbons (Fsp3) is 0.667. The lowest BCUT2D eigenvalue weighted by Crippen LogP contribution is -2.44. The van der Waals surface area contributed by atoms with Gasteiger partial charge in [0.15, 0.2) is 0 Å². The molecule has 0 amide bonds. The molecule has 1 fully saturated rings. The molecule has 4 unspecified atom stereocenters. The van der Waals surface area contributed by atoms with Gasteiger partial charge in [-0.15, -0.1) is 0 Å². The Hall–Kier alpha value is -0.670. The molecule has 21 heavy (non-hydrogen) atoms. The van der Waals surface area contributed by atoms with Crippen molar-refractivity contribution in [3.8, 4) is 0 Å². The van der Waals surface area contributed by atoms with Crippen molar-refractivity contribution in [2.75, 3.05) is 7.05 Å². The van der Waals surface area contributed by atoms with Crippen molar-refractivity contribution < 1.29 is 4.21 Å². The van der Waals surface area contributed by atoms with Gasteiger partial charge in [0.1, 0.15) is 0 Å². The van der Waals surface area contributed by atoms with Crippen LogP contribution in [0.5, 0.6) is 0 Å².